The van der Waals surface area contributed by atoms with Gasteiger partial charge in [0, 0.05) is 4.47 Å². The van der Waals surface area contributed by atoms with Gasteiger partial charge in [-0.2, -0.15) is 0 Å². The molecule has 5 N–H and O–H groups in total. The Balaban J connectivity index is 3.02. The Morgan fingerprint density at radius 3 is 2.64 bits per heavy atom. The minimum absolute atomic E-state index is 0.295. The van der Waals surface area contributed by atoms with Crippen molar-refractivity contribution in [2.75, 3.05) is 5.43 Å². The molecule has 1 atom stereocenters. The highest BCUT2D eigenvalue weighted by molar-refractivity contribution is 9.10. The molecule has 14 heavy (non-hydrogen) atoms. The second-order valence-corrected chi connectivity index (χ2v) is 3.48. The van der Waals surface area contributed by atoms with E-state index in [0.29, 0.717) is 15.7 Å². The summed E-state index contributed by atoms with van der Waals surface area (Å²) in [6, 6.07) is 4.55. The molecule has 0 aliphatic rings. The molecule has 0 heterocycles. The molecule has 1 unspecified atom stereocenters. The molecule has 0 amide bonds. The van der Waals surface area contributed by atoms with E-state index in [9.17, 15) is 9.90 Å². The number of nitrogen functional groups attached to an aromatic ring is 1. The lowest BCUT2D eigenvalue weighted by Gasteiger charge is -2.08. The van der Waals surface area contributed by atoms with Gasteiger partial charge in [0.2, 0.25) is 0 Å². The van der Waals surface area contributed by atoms with E-state index in [-0.39, 0.29) is 0 Å². The lowest BCUT2D eigenvalue weighted by Crippen LogP contribution is -2.11. The molecular formula is C8H9BrN2O3. The highest BCUT2D eigenvalue weighted by Crippen LogP contribution is 2.25. The molecular weight excluding hydrogens is 252 g/mol. The van der Waals surface area contributed by atoms with Crippen LogP contribution in [-0.2, 0) is 4.79 Å². The summed E-state index contributed by atoms with van der Waals surface area (Å²) in [6.07, 6.45) is -1.52. The van der Waals surface area contributed by atoms with E-state index in [1.165, 1.54) is 12.1 Å². The number of carbonyl (C=O) groups is 1. The first kappa shape index (κ1) is 11.0. The van der Waals surface area contributed by atoms with E-state index in [4.69, 9.17) is 10.9 Å². The summed E-state index contributed by atoms with van der Waals surface area (Å²) in [6.45, 7) is 0. The number of nitrogens with one attached hydrogen (secondary N) is 1. The number of halogens is 1. The van der Waals surface area contributed by atoms with Crippen LogP contribution in [-0.4, -0.2) is 16.2 Å². The fraction of sp³-hybridized carbons (Fsp3) is 0.125. The minimum Gasteiger partial charge on any atom is -0.479 e. The number of carboxylic acids is 1. The average Bonchev–Trinajstić information content (AvgIpc) is 2.16. The van der Waals surface area contributed by atoms with Gasteiger partial charge in [-0.05, 0) is 33.6 Å². The largest absolute Gasteiger partial charge is 0.479 e. The minimum atomic E-state index is -1.52. The molecule has 0 saturated heterocycles. The van der Waals surface area contributed by atoms with Gasteiger partial charge in [-0.25, -0.2) is 4.79 Å². The zero-order valence-corrected chi connectivity index (χ0v) is 8.65. The fourth-order valence-electron chi connectivity index (χ4n) is 0.961. The maximum Gasteiger partial charge on any atom is 0.337 e. The maximum absolute atomic E-state index is 10.5. The summed E-state index contributed by atoms with van der Waals surface area (Å²) in [7, 11) is 0. The molecule has 0 aromatic heterocycles. The average molecular weight is 261 g/mol. The van der Waals surface area contributed by atoms with Gasteiger partial charge < -0.3 is 15.6 Å². The zero-order chi connectivity index (χ0) is 10.7. The van der Waals surface area contributed by atoms with Crippen LogP contribution in [0.4, 0.5) is 5.69 Å². The molecule has 6 heteroatoms. The van der Waals surface area contributed by atoms with Gasteiger partial charge in [0.25, 0.3) is 0 Å². The number of benzene rings is 1. The Kier molecular flexibility index (Phi) is 3.45. The Bertz CT molecular complexity index is 356. The summed E-state index contributed by atoms with van der Waals surface area (Å²) in [4.78, 5) is 10.5. The van der Waals surface area contributed by atoms with Gasteiger partial charge in [0.15, 0.2) is 6.10 Å². The Hall–Kier alpha value is -1.11. The number of nitrogens with two attached hydrogens (primary N) is 1. The van der Waals surface area contributed by atoms with Crippen LogP contribution >= 0.6 is 15.9 Å². The molecule has 76 valence electrons. The summed E-state index contributed by atoms with van der Waals surface area (Å²) in [5, 5.41) is 17.8. The summed E-state index contributed by atoms with van der Waals surface area (Å²) in [5.74, 6) is 3.89. The summed E-state index contributed by atoms with van der Waals surface area (Å²) >= 11 is 3.18. The third kappa shape index (κ3) is 2.22. The number of aliphatic carboxylic acids is 1. The predicted octanol–water partition coefficient (Wildman–Crippen LogP) is 0.853. The van der Waals surface area contributed by atoms with Crippen molar-refractivity contribution in [2.45, 2.75) is 6.10 Å². The van der Waals surface area contributed by atoms with Crippen LogP contribution in [0.5, 0.6) is 0 Å². The topological polar surface area (TPSA) is 95.6 Å². The molecule has 1 aromatic carbocycles. The zero-order valence-electron chi connectivity index (χ0n) is 7.07. The van der Waals surface area contributed by atoms with Crippen molar-refractivity contribution in [3.05, 3.63) is 28.2 Å². The Morgan fingerprint density at radius 1 is 1.57 bits per heavy atom. The number of aliphatic hydroxyl groups excluding tert-OH is 1. The first-order chi connectivity index (χ1) is 6.56. The van der Waals surface area contributed by atoms with Gasteiger partial charge in [-0.3, -0.25) is 5.84 Å². The van der Waals surface area contributed by atoms with Gasteiger partial charge in [-0.1, -0.05) is 6.07 Å². The van der Waals surface area contributed by atoms with E-state index in [0.717, 1.165) is 0 Å². The number of hydrazine groups is 1. The normalized spacial score (nSPS) is 12.2. The van der Waals surface area contributed by atoms with E-state index in [1.54, 1.807) is 6.07 Å². The predicted molar refractivity (Wildman–Crippen MR) is 54.5 cm³/mol. The van der Waals surface area contributed by atoms with Gasteiger partial charge in [0.05, 0.1) is 5.69 Å². The van der Waals surface area contributed by atoms with Crippen LogP contribution < -0.4 is 11.3 Å². The quantitative estimate of drug-likeness (QED) is 0.478. The molecule has 0 saturated carbocycles. The molecule has 1 aromatic rings. The first-order valence-corrected chi connectivity index (χ1v) is 4.52. The van der Waals surface area contributed by atoms with Crippen molar-refractivity contribution in [2.24, 2.45) is 5.84 Å². The van der Waals surface area contributed by atoms with Crippen LogP contribution in [0.1, 0.15) is 11.7 Å². The SMILES string of the molecule is NNc1ccc(C(O)C(=O)O)cc1Br. The number of hydrogen-bond acceptors (Lipinski definition) is 4. The molecule has 0 bridgehead atoms. The van der Waals surface area contributed by atoms with Gasteiger partial charge in [-0.15, -0.1) is 0 Å². The van der Waals surface area contributed by atoms with E-state index < -0.39 is 12.1 Å². The third-order valence-corrected chi connectivity index (χ3v) is 2.35. The second kappa shape index (κ2) is 4.41. The molecule has 0 fully saturated rings. The van der Waals surface area contributed by atoms with E-state index in [2.05, 4.69) is 21.4 Å². The standard InChI is InChI=1S/C8H9BrN2O3/c9-5-3-4(7(12)8(13)14)1-2-6(5)11-10/h1-3,7,11-12H,10H2,(H,13,14). The molecule has 0 aliphatic heterocycles. The number of rotatable bonds is 3. The monoisotopic (exact) mass is 260 g/mol. The lowest BCUT2D eigenvalue weighted by atomic mass is 10.1. The summed E-state index contributed by atoms with van der Waals surface area (Å²) in [5.41, 5.74) is 3.33. The third-order valence-electron chi connectivity index (χ3n) is 1.70. The van der Waals surface area contributed by atoms with E-state index in [1.807, 2.05) is 0 Å². The van der Waals surface area contributed by atoms with Crippen LogP contribution in [0.2, 0.25) is 0 Å². The van der Waals surface area contributed by atoms with Gasteiger partial charge >= 0.3 is 5.97 Å². The number of carboxylic acid groups (broad SMARTS) is 1. The maximum atomic E-state index is 10.5. The van der Waals surface area contributed by atoms with Crippen molar-refractivity contribution in [1.82, 2.24) is 0 Å². The second-order valence-electron chi connectivity index (χ2n) is 2.62. The van der Waals surface area contributed by atoms with Crippen LogP contribution in [0, 0.1) is 0 Å². The highest BCUT2D eigenvalue weighted by Gasteiger charge is 2.16. The Labute approximate surface area is 88.6 Å². The molecule has 5 nitrogen and oxygen atoms in total. The van der Waals surface area contributed by atoms with Crippen molar-refractivity contribution >= 4 is 27.6 Å². The van der Waals surface area contributed by atoms with E-state index >= 15 is 0 Å². The van der Waals surface area contributed by atoms with Crippen molar-refractivity contribution in [3.8, 4) is 0 Å². The van der Waals surface area contributed by atoms with Crippen LogP contribution in [0.25, 0.3) is 0 Å². The summed E-state index contributed by atoms with van der Waals surface area (Å²) < 4.78 is 0.595. The Morgan fingerprint density at radius 2 is 2.21 bits per heavy atom. The fourth-order valence-corrected chi connectivity index (χ4v) is 1.47. The van der Waals surface area contributed by atoms with Crippen LogP contribution in [0.15, 0.2) is 22.7 Å². The van der Waals surface area contributed by atoms with Crippen LogP contribution in [0.3, 0.4) is 0 Å². The molecule has 0 radical (unpaired) electrons. The number of hydrogen-bond donors (Lipinski definition) is 4. The molecule has 0 aliphatic carbocycles. The van der Waals surface area contributed by atoms with Gasteiger partial charge in [0.1, 0.15) is 0 Å². The smallest absolute Gasteiger partial charge is 0.337 e. The molecule has 0 spiro atoms. The van der Waals surface area contributed by atoms with Crippen molar-refractivity contribution in [1.29, 1.82) is 0 Å². The number of aliphatic hydroxyl groups is 1. The highest BCUT2D eigenvalue weighted by atomic mass is 79.9. The number of anilines is 1. The van der Waals surface area contributed by atoms with Crippen molar-refractivity contribution in [3.63, 3.8) is 0 Å². The van der Waals surface area contributed by atoms with Crippen molar-refractivity contribution < 1.29 is 15.0 Å². The lowest BCUT2D eigenvalue weighted by molar-refractivity contribution is -0.146. The molecule has 1 rings (SSSR count). The first-order valence-electron chi connectivity index (χ1n) is 3.73.